The molecule has 1 aromatic rings. The Morgan fingerprint density at radius 2 is 2.00 bits per heavy atom. The fourth-order valence-electron chi connectivity index (χ4n) is 2.00. The van der Waals surface area contributed by atoms with Crippen LogP contribution in [0.1, 0.15) is 5.56 Å². The highest BCUT2D eigenvalue weighted by atomic mass is 79.9. The van der Waals surface area contributed by atoms with E-state index in [-0.39, 0.29) is 0 Å². The van der Waals surface area contributed by atoms with Gasteiger partial charge in [0, 0.05) is 19.6 Å². The number of halogens is 1. The first kappa shape index (κ1) is 14.6. The lowest BCUT2D eigenvalue weighted by Crippen LogP contribution is -2.45. The molecule has 1 aliphatic heterocycles. The summed E-state index contributed by atoms with van der Waals surface area (Å²) in [4.78, 5) is 0. The SMILES string of the molecule is COc1cc(CNN2CCOCC2)cc(Br)c1OC. The van der Waals surface area contributed by atoms with E-state index < -0.39 is 0 Å². The van der Waals surface area contributed by atoms with Gasteiger partial charge in [0.25, 0.3) is 0 Å². The zero-order valence-electron chi connectivity index (χ0n) is 11.2. The first-order chi connectivity index (χ1) is 9.24. The third kappa shape index (κ3) is 3.82. The van der Waals surface area contributed by atoms with E-state index in [1.165, 1.54) is 0 Å². The van der Waals surface area contributed by atoms with Crippen molar-refractivity contribution < 1.29 is 14.2 Å². The monoisotopic (exact) mass is 330 g/mol. The number of hydrazine groups is 1. The maximum absolute atomic E-state index is 5.33. The van der Waals surface area contributed by atoms with E-state index in [9.17, 15) is 0 Å². The molecule has 0 unspecified atom stereocenters. The molecule has 5 nitrogen and oxygen atoms in total. The molecule has 6 heteroatoms. The Kier molecular flexibility index (Phi) is 5.45. The third-order valence-electron chi connectivity index (χ3n) is 3.01. The van der Waals surface area contributed by atoms with Crippen molar-refractivity contribution in [3.05, 3.63) is 22.2 Å². The highest BCUT2D eigenvalue weighted by Crippen LogP contribution is 2.36. The van der Waals surface area contributed by atoms with E-state index in [4.69, 9.17) is 14.2 Å². The first-order valence-electron chi connectivity index (χ1n) is 6.21. The fraction of sp³-hybridized carbons (Fsp3) is 0.538. The molecule has 1 heterocycles. The first-order valence-corrected chi connectivity index (χ1v) is 7.00. The summed E-state index contributed by atoms with van der Waals surface area (Å²) in [5.74, 6) is 1.45. The van der Waals surface area contributed by atoms with Gasteiger partial charge in [0.1, 0.15) is 0 Å². The van der Waals surface area contributed by atoms with Gasteiger partial charge in [-0.15, -0.1) is 0 Å². The van der Waals surface area contributed by atoms with Crippen molar-refractivity contribution in [2.24, 2.45) is 0 Å². The lowest BCUT2D eigenvalue weighted by molar-refractivity contribution is 0.0105. The van der Waals surface area contributed by atoms with Gasteiger partial charge in [-0.3, -0.25) is 5.43 Å². The van der Waals surface area contributed by atoms with E-state index in [1.54, 1.807) is 14.2 Å². The van der Waals surface area contributed by atoms with E-state index in [0.717, 1.165) is 54.4 Å². The van der Waals surface area contributed by atoms with Crippen molar-refractivity contribution in [1.29, 1.82) is 0 Å². The van der Waals surface area contributed by atoms with Crippen LogP contribution in [0.3, 0.4) is 0 Å². The summed E-state index contributed by atoms with van der Waals surface area (Å²) in [6.45, 7) is 4.13. The number of methoxy groups -OCH3 is 2. The van der Waals surface area contributed by atoms with Crippen LogP contribution in [0.2, 0.25) is 0 Å². The Morgan fingerprint density at radius 1 is 1.26 bits per heavy atom. The van der Waals surface area contributed by atoms with Crippen LogP contribution in [0, 0.1) is 0 Å². The third-order valence-corrected chi connectivity index (χ3v) is 3.60. The van der Waals surface area contributed by atoms with Crippen molar-refractivity contribution in [3.8, 4) is 11.5 Å². The molecular weight excluding hydrogens is 312 g/mol. The van der Waals surface area contributed by atoms with Crippen LogP contribution in [0.4, 0.5) is 0 Å². The molecule has 1 fully saturated rings. The van der Waals surface area contributed by atoms with Gasteiger partial charge in [-0.1, -0.05) is 0 Å². The minimum absolute atomic E-state index is 0.720. The smallest absolute Gasteiger partial charge is 0.174 e. The summed E-state index contributed by atoms with van der Waals surface area (Å²) in [7, 11) is 3.28. The molecule has 2 rings (SSSR count). The Balaban J connectivity index is 2.01. The van der Waals surface area contributed by atoms with Crippen LogP contribution < -0.4 is 14.9 Å². The van der Waals surface area contributed by atoms with Crippen molar-refractivity contribution in [2.45, 2.75) is 6.54 Å². The lowest BCUT2D eigenvalue weighted by atomic mass is 10.2. The molecule has 106 valence electrons. The molecule has 0 atom stereocenters. The normalized spacial score (nSPS) is 16.4. The molecule has 0 aliphatic carbocycles. The molecule has 0 amide bonds. The number of benzene rings is 1. The number of hydrogen-bond donors (Lipinski definition) is 1. The summed E-state index contributed by atoms with van der Waals surface area (Å²) >= 11 is 3.50. The van der Waals surface area contributed by atoms with E-state index in [1.807, 2.05) is 12.1 Å². The second-order valence-electron chi connectivity index (χ2n) is 4.25. The molecule has 1 N–H and O–H groups in total. The highest BCUT2D eigenvalue weighted by molar-refractivity contribution is 9.10. The van der Waals surface area contributed by atoms with Crippen LogP contribution in [0.25, 0.3) is 0 Å². The predicted octanol–water partition coefficient (Wildman–Crippen LogP) is 1.80. The van der Waals surface area contributed by atoms with Gasteiger partial charge in [-0.2, -0.15) is 0 Å². The van der Waals surface area contributed by atoms with Gasteiger partial charge >= 0.3 is 0 Å². The van der Waals surface area contributed by atoms with E-state index in [0.29, 0.717) is 0 Å². The Hall–Kier alpha value is -0.820. The van der Waals surface area contributed by atoms with Crippen LogP contribution >= 0.6 is 15.9 Å². The van der Waals surface area contributed by atoms with Crippen molar-refractivity contribution in [2.75, 3.05) is 40.5 Å². The van der Waals surface area contributed by atoms with Crippen molar-refractivity contribution in [3.63, 3.8) is 0 Å². The van der Waals surface area contributed by atoms with Gasteiger partial charge < -0.3 is 14.2 Å². The Morgan fingerprint density at radius 3 is 2.63 bits per heavy atom. The van der Waals surface area contributed by atoms with Crippen molar-refractivity contribution >= 4 is 15.9 Å². The van der Waals surface area contributed by atoms with E-state index >= 15 is 0 Å². The molecule has 1 aromatic carbocycles. The predicted molar refractivity (Wildman–Crippen MR) is 76.5 cm³/mol. The molecule has 0 bridgehead atoms. The summed E-state index contributed by atoms with van der Waals surface area (Å²) in [6.07, 6.45) is 0. The lowest BCUT2D eigenvalue weighted by Gasteiger charge is -2.27. The second kappa shape index (κ2) is 7.09. The van der Waals surface area contributed by atoms with Crippen molar-refractivity contribution in [1.82, 2.24) is 10.4 Å². The maximum atomic E-state index is 5.33. The zero-order valence-corrected chi connectivity index (χ0v) is 12.8. The molecule has 0 aromatic heterocycles. The largest absolute Gasteiger partial charge is 0.493 e. The standard InChI is InChI=1S/C13H19BrN2O3/c1-17-12-8-10(7-11(14)13(12)18-2)9-15-16-3-5-19-6-4-16/h7-8,15H,3-6,9H2,1-2H3. The number of morpholine rings is 1. The van der Waals surface area contributed by atoms with Crippen LogP contribution in [0.5, 0.6) is 11.5 Å². The molecule has 1 saturated heterocycles. The minimum atomic E-state index is 0.720. The zero-order chi connectivity index (χ0) is 13.7. The van der Waals surface area contributed by atoms with Crippen LogP contribution in [-0.2, 0) is 11.3 Å². The van der Waals surface area contributed by atoms with Crippen LogP contribution in [-0.4, -0.2) is 45.5 Å². The number of ether oxygens (including phenoxy) is 3. The number of rotatable bonds is 5. The summed E-state index contributed by atoms with van der Waals surface area (Å²) < 4.78 is 16.8. The topological polar surface area (TPSA) is 43.0 Å². The quantitative estimate of drug-likeness (QED) is 0.891. The van der Waals surface area contributed by atoms with E-state index in [2.05, 4.69) is 26.4 Å². The molecule has 0 radical (unpaired) electrons. The fourth-order valence-corrected chi connectivity index (χ4v) is 2.65. The molecular formula is C13H19BrN2O3. The van der Waals surface area contributed by atoms with Gasteiger partial charge in [-0.25, -0.2) is 5.01 Å². The summed E-state index contributed by atoms with van der Waals surface area (Å²) in [5.41, 5.74) is 4.53. The summed E-state index contributed by atoms with van der Waals surface area (Å²) in [5, 5.41) is 2.17. The summed E-state index contributed by atoms with van der Waals surface area (Å²) in [6, 6.07) is 4.02. The Labute approximate surface area is 121 Å². The van der Waals surface area contributed by atoms with Gasteiger partial charge in [0.15, 0.2) is 11.5 Å². The molecule has 1 aliphatic rings. The minimum Gasteiger partial charge on any atom is -0.493 e. The average molecular weight is 331 g/mol. The molecule has 0 spiro atoms. The second-order valence-corrected chi connectivity index (χ2v) is 5.10. The molecule has 0 saturated carbocycles. The number of nitrogens with one attached hydrogen (secondary N) is 1. The molecule has 19 heavy (non-hydrogen) atoms. The maximum Gasteiger partial charge on any atom is 0.174 e. The Bertz CT molecular complexity index is 423. The number of nitrogens with zero attached hydrogens (tertiary/aromatic N) is 1. The van der Waals surface area contributed by atoms with Gasteiger partial charge in [0.2, 0.25) is 0 Å². The van der Waals surface area contributed by atoms with Gasteiger partial charge in [0.05, 0.1) is 31.9 Å². The van der Waals surface area contributed by atoms with Gasteiger partial charge in [-0.05, 0) is 33.6 Å². The van der Waals surface area contributed by atoms with Crippen LogP contribution in [0.15, 0.2) is 16.6 Å². The average Bonchev–Trinajstić information content (AvgIpc) is 2.45. The highest BCUT2D eigenvalue weighted by Gasteiger charge is 2.12. The number of hydrogen-bond acceptors (Lipinski definition) is 5.